The first kappa shape index (κ1) is 22.3. The molecule has 1 heterocycles. The van der Waals surface area contributed by atoms with E-state index in [1.54, 1.807) is 11.0 Å². The first-order valence-electron chi connectivity index (χ1n) is 10.4. The van der Waals surface area contributed by atoms with Crippen molar-refractivity contribution < 1.29 is 9.53 Å². The van der Waals surface area contributed by atoms with Crippen molar-refractivity contribution in [1.29, 1.82) is 0 Å². The van der Waals surface area contributed by atoms with Gasteiger partial charge in [-0.15, -0.1) is 0 Å². The van der Waals surface area contributed by atoms with E-state index in [-0.39, 0.29) is 5.91 Å². The number of aromatic nitrogens is 1. The van der Waals surface area contributed by atoms with E-state index in [2.05, 4.69) is 4.90 Å². The van der Waals surface area contributed by atoms with Gasteiger partial charge in [-0.2, -0.15) is 0 Å². The summed E-state index contributed by atoms with van der Waals surface area (Å²) in [6.07, 6.45) is 0.829. The number of carbonyl (C=O) groups is 1. The number of hydrogen-bond donors (Lipinski definition) is 0. The third kappa shape index (κ3) is 5.46. The number of para-hydroxylation sites is 1. The number of anilines is 1. The SMILES string of the molecule is CN(C)CCCN(C(=O)c1cccc(Oc2ccccc2)c1)c1nc2ccc(Cl)cc2s1. The fourth-order valence-electron chi connectivity index (χ4n) is 3.30. The summed E-state index contributed by atoms with van der Waals surface area (Å²) in [5.74, 6) is 1.24. The van der Waals surface area contributed by atoms with E-state index in [0.29, 0.717) is 28.0 Å². The molecular weight excluding hydrogens is 442 g/mol. The van der Waals surface area contributed by atoms with Gasteiger partial charge in [0.1, 0.15) is 11.5 Å². The monoisotopic (exact) mass is 465 g/mol. The molecule has 0 N–H and O–H groups in total. The van der Waals surface area contributed by atoms with E-state index in [1.807, 2.05) is 80.8 Å². The lowest BCUT2D eigenvalue weighted by Crippen LogP contribution is -2.33. The number of amides is 1. The van der Waals surface area contributed by atoms with Crippen LogP contribution in [0.4, 0.5) is 5.13 Å². The Bertz CT molecular complexity index is 1210. The van der Waals surface area contributed by atoms with E-state index >= 15 is 0 Å². The van der Waals surface area contributed by atoms with E-state index < -0.39 is 0 Å². The topological polar surface area (TPSA) is 45.7 Å². The van der Waals surface area contributed by atoms with Crippen LogP contribution in [0.5, 0.6) is 11.5 Å². The maximum absolute atomic E-state index is 13.6. The lowest BCUT2D eigenvalue weighted by atomic mass is 10.2. The van der Waals surface area contributed by atoms with Gasteiger partial charge in [-0.05, 0) is 75.6 Å². The fraction of sp³-hybridized carbons (Fsp3) is 0.200. The molecule has 0 radical (unpaired) electrons. The van der Waals surface area contributed by atoms with Crippen molar-refractivity contribution in [3.63, 3.8) is 0 Å². The average Bonchev–Trinajstić information content (AvgIpc) is 3.20. The van der Waals surface area contributed by atoms with Gasteiger partial charge in [-0.25, -0.2) is 4.98 Å². The number of nitrogens with zero attached hydrogens (tertiary/aromatic N) is 3. The van der Waals surface area contributed by atoms with E-state index in [1.165, 1.54) is 11.3 Å². The first-order valence-corrected chi connectivity index (χ1v) is 11.5. The molecule has 0 saturated carbocycles. The Balaban J connectivity index is 1.62. The van der Waals surface area contributed by atoms with Crippen LogP contribution in [0.1, 0.15) is 16.8 Å². The number of ether oxygens (including phenoxy) is 1. The Morgan fingerprint density at radius 1 is 0.969 bits per heavy atom. The number of rotatable bonds is 8. The summed E-state index contributed by atoms with van der Waals surface area (Å²) in [5.41, 5.74) is 1.39. The number of carbonyl (C=O) groups excluding carboxylic acids is 1. The van der Waals surface area contributed by atoms with Gasteiger partial charge in [0.15, 0.2) is 5.13 Å². The molecule has 0 aliphatic carbocycles. The van der Waals surface area contributed by atoms with Gasteiger partial charge < -0.3 is 9.64 Å². The third-order valence-corrected chi connectivity index (χ3v) is 6.14. The Labute approximate surface area is 196 Å². The normalized spacial score (nSPS) is 11.1. The Hall–Kier alpha value is -2.93. The smallest absolute Gasteiger partial charge is 0.260 e. The molecule has 0 aliphatic heterocycles. The highest BCUT2D eigenvalue weighted by Gasteiger charge is 2.22. The maximum atomic E-state index is 13.6. The van der Waals surface area contributed by atoms with Gasteiger partial charge in [-0.1, -0.05) is 47.2 Å². The van der Waals surface area contributed by atoms with Gasteiger partial charge in [0.05, 0.1) is 10.2 Å². The predicted molar refractivity (Wildman–Crippen MR) is 132 cm³/mol. The van der Waals surface area contributed by atoms with Gasteiger partial charge in [0.2, 0.25) is 0 Å². The van der Waals surface area contributed by atoms with Crippen LogP contribution in [-0.2, 0) is 0 Å². The molecule has 5 nitrogen and oxygen atoms in total. The van der Waals surface area contributed by atoms with E-state index in [0.717, 1.165) is 28.9 Å². The lowest BCUT2D eigenvalue weighted by Gasteiger charge is -2.21. The molecule has 32 heavy (non-hydrogen) atoms. The van der Waals surface area contributed by atoms with Crippen LogP contribution in [0.2, 0.25) is 5.02 Å². The minimum atomic E-state index is -0.104. The largest absolute Gasteiger partial charge is 0.457 e. The van der Waals surface area contributed by atoms with Crippen molar-refractivity contribution in [1.82, 2.24) is 9.88 Å². The fourth-order valence-corrected chi connectivity index (χ4v) is 4.57. The number of halogens is 1. The summed E-state index contributed by atoms with van der Waals surface area (Å²) in [5, 5.41) is 1.32. The van der Waals surface area contributed by atoms with Crippen LogP contribution in [-0.4, -0.2) is 43.0 Å². The molecular formula is C25H24ClN3O2S. The predicted octanol–water partition coefficient (Wildman–Crippen LogP) is 6.34. The van der Waals surface area contributed by atoms with Gasteiger partial charge in [0, 0.05) is 17.1 Å². The molecule has 4 rings (SSSR count). The van der Waals surface area contributed by atoms with Crippen molar-refractivity contribution in [3.05, 3.63) is 83.4 Å². The second-order valence-electron chi connectivity index (χ2n) is 7.67. The molecule has 3 aromatic carbocycles. The number of fused-ring (bicyclic) bond motifs is 1. The minimum absolute atomic E-state index is 0.104. The summed E-state index contributed by atoms with van der Waals surface area (Å²) in [7, 11) is 4.05. The highest BCUT2D eigenvalue weighted by molar-refractivity contribution is 7.22. The van der Waals surface area contributed by atoms with Crippen molar-refractivity contribution >= 4 is 44.2 Å². The average molecular weight is 466 g/mol. The Morgan fingerprint density at radius 2 is 1.75 bits per heavy atom. The minimum Gasteiger partial charge on any atom is -0.457 e. The highest BCUT2D eigenvalue weighted by Crippen LogP contribution is 2.32. The van der Waals surface area contributed by atoms with Crippen LogP contribution in [0, 0.1) is 0 Å². The van der Waals surface area contributed by atoms with Crippen molar-refractivity contribution in [2.75, 3.05) is 32.1 Å². The molecule has 0 fully saturated rings. The molecule has 164 valence electrons. The van der Waals surface area contributed by atoms with Gasteiger partial charge >= 0.3 is 0 Å². The molecule has 0 saturated heterocycles. The Morgan fingerprint density at radius 3 is 2.53 bits per heavy atom. The lowest BCUT2D eigenvalue weighted by molar-refractivity contribution is 0.0985. The molecule has 0 unspecified atom stereocenters. The van der Waals surface area contributed by atoms with Gasteiger partial charge in [0.25, 0.3) is 5.91 Å². The van der Waals surface area contributed by atoms with E-state index in [4.69, 9.17) is 21.3 Å². The number of benzene rings is 3. The van der Waals surface area contributed by atoms with Crippen LogP contribution in [0.15, 0.2) is 72.8 Å². The first-order chi connectivity index (χ1) is 15.5. The third-order valence-electron chi connectivity index (χ3n) is 4.86. The van der Waals surface area contributed by atoms with Crippen LogP contribution in [0.3, 0.4) is 0 Å². The number of thiazole rings is 1. The molecule has 4 aromatic rings. The van der Waals surface area contributed by atoms with Gasteiger partial charge in [-0.3, -0.25) is 9.69 Å². The second-order valence-corrected chi connectivity index (χ2v) is 9.11. The maximum Gasteiger partial charge on any atom is 0.260 e. The summed E-state index contributed by atoms with van der Waals surface area (Å²) < 4.78 is 6.88. The zero-order chi connectivity index (χ0) is 22.5. The molecule has 0 atom stereocenters. The molecule has 7 heteroatoms. The summed E-state index contributed by atoms with van der Waals surface area (Å²) in [4.78, 5) is 22.1. The van der Waals surface area contributed by atoms with Crippen LogP contribution in [0.25, 0.3) is 10.2 Å². The zero-order valence-electron chi connectivity index (χ0n) is 18.0. The van der Waals surface area contributed by atoms with Crippen molar-refractivity contribution in [2.24, 2.45) is 0 Å². The van der Waals surface area contributed by atoms with Crippen molar-refractivity contribution in [3.8, 4) is 11.5 Å². The summed E-state index contributed by atoms with van der Waals surface area (Å²) >= 11 is 7.62. The quantitative estimate of drug-likeness (QED) is 0.304. The van der Waals surface area contributed by atoms with Crippen molar-refractivity contribution in [2.45, 2.75) is 6.42 Å². The molecule has 0 bridgehead atoms. The van der Waals surface area contributed by atoms with Crippen LogP contribution >= 0.6 is 22.9 Å². The molecule has 1 aromatic heterocycles. The molecule has 0 aliphatic rings. The number of hydrogen-bond acceptors (Lipinski definition) is 5. The zero-order valence-corrected chi connectivity index (χ0v) is 19.6. The second kappa shape index (κ2) is 10.1. The summed E-state index contributed by atoms with van der Waals surface area (Å²) in [6.45, 7) is 1.44. The van der Waals surface area contributed by atoms with E-state index in [9.17, 15) is 4.79 Å². The standard InChI is InChI=1S/C25H24ClN3O2S/c1-28(2)14-7-15-29(25-27-22-13-12-19(26)17-23(22)32-25)24(30)18-8-6-11-21(16-18)31-20-9-4-3-5-10-20/h3-6,8-13,16-17H,7,14-15H2,1-2H3. The Kier molecular flexibility index (Phi) is 7.05. The molecule has 1 amide bonds. The summed E-state index contributed by atoms with van der Waals surface area (Å²) in [6, 6.07) is 22.4. The van der Waals surface area contributed by atoms with Crippen LogP contribution < -0.4 is 9.64 Å². The molecule has 0 spiro atoms. The highest BCUT2D eigenvalue weighted by atomic mass is 35.5.